The van der Waals surface area contributed by atoms with Crippen molar-refractivity contribution in [2.75, 3.05) is 0 Å². The summed E-state index contributed by atoms with van der Waals surface area (Å²) in [5.41, 5.74) is 1.30. The topological polar surface area (TPSA) is 50.7 Å². The summed E-state index contributed by atoms with van der Waals surface area (Å²) in [6, 6.07) is 11.6. The Hall–Kier alpha value is -2.40. The fourth-order valence-corrected chi connectivity index (χ4v) is 2.27. The van der Waals surface area contributed by atoms with Crippen molar-refractivity contribution in [1.82, 2.24) is 14.8 Å². The minimum Gasteiger partial charge on any atom is -0.288 e. The zero-order chi connectivity index (χ0) is 15.0. The molecule has 1 heterocycles. The van der Waals surface area contributed by atoms with E-state index in [4.69, 9.17) is 11.6 Å². The smallest absolute Gasteiger partial charge is 0.288 e. The van der Waals surface area contributed by atoms with Crippen molar-refractivity contribution < 1.29 is 4.39 Å². The lowest BCUT2D eigenvalue weighted by Gasteiger charge is -2.02. The van der Waals surface area contributed by atoms with E-state index < -0.39 is 11.5 Å². The van der Waals surface area contributed by atoms with Crippen LogP contribution in [0.4, 0.5) is 4.39 Å². The fraction of sp³-hybridized carbons (Fsp3) is 0.0667. The van der Waals surface area contributed by atoms with Crippen LogP contribution in [0.1, 0.15) is 5.56 Å². The highest BCUT2D eigenvalue weighted by molar-refractivity contribution is 6.33. The monoisotopic (exact) mass is 303 g/mol. The van der Waals surface area contributed by atoms with Gasteiger partial charge >= 0.3 is 5.69 Å². The number of aromatic amines is 1. The van der Waals surface area contributed by atoms with Crippen molar-refractivity contribution in [3.8, 4) is 17.1 Å². The van der Waals surface area contributed by atoms with Crippen molar-refractivity contribution in [2.45, 2.75) is 6.92 Å². The van der Waals surface area contributed by atoms with Gasteiger partial charge in [0.15, 0.2) is 5.82 Å². The summed E-state index contributed by atoms with van der Waals surface area (Å²) in [5, 5.41) is 4.32. The number of rotatable bonds is 2. The number of aromatic nitrogens is 3. The van der Waals surface area contributed by atoms with Crippen LogP contribution in [0, 0.1) is 12.7 Å². The van der Waals surface area contributed by atoms with Crippen molar-refractivity contribution in [3.05, 3.63) is 69.4 Å². The molecule has 6 heteroatoms. The largest absolute Gasteiger partial charge is 0.348 e. The Kier molecular flexibility index (Phi) is 3.35. The van der Waals surface area contributed by atoms with Gasteiger partial charge in [-0.3, -0.25) is 4.98 Å². The number of benzene rings is 2. The van der Waals surface area contributed by atoms with E-state index in [-0.39, 0.29) is 16.4 Å². The second-order valence-corrected chi connectivity index (χ2v) is 5.03. The molecular formula is C15H11ClFN3O. The number of hydrogen-bond donors (Lipinski definition) is 1. The van der Waals surface area contributed by atoms with Crippen LogP contribution in [0.2, 0.25) is 5.02 Å². The van der Waals surface area contributed by atoms with Crippen molar-refractivity contribution in [1.29, 1.82) is 0 Å². The Morgan fingerprint density at radius 2 is 1.90 bits per heavy atom. The normalized spacial score (nSPS) is 10.8. The van der Waals surface area contributed by atoms with Crippen LogP contribution in [0.15, 0.2) is 47.3 Å². The number of halogens is 2. The van der Waals surface area contributed by atoms with E-state index >= 15 is 0 Å². The summed E-state index contributed by atoms with van der Waals surface area (Å²) < 4.78 is 15.1. The summed E-state index contributed by atoms with van der Waals surface area (Å²) in [6.07, 6.45) is 0. The average Bonchev–Trinajstić information content (AvgIpc) is 2.81. The van der Waals surface area contributed by atoms with E-state index in [0.717, 1.165) is 5.56 Å². The van der Waals surface area contributed by atoms with E-state index in [0.29, 0.717) is 5.69 Å². The number of nitrogens with zero attached hydrogens (tertiary/aromatic N) is 2. The zero-order valence-electron chi connectivity index (χ0n) is 11.1. The lowest BCUT2D eigenvalue weighted by molar-refractivity contribution is 0.630. The number of aryl methyl sites for hydroxylation is 1. The van der Waals surface area contributed by atoms with Crippen molar-refractivity contribution in [2.24, 2.45) is 0 Å². The molecule has 0 spiro atoms. The molecule has 0 saturated heterocycles. The molecule has 0 radical (unpaired) electrons. The van der Waals surface area contributed by atoms with E-state index in [1.807, 2.05) is 19.1 Å². The molecule has 0 amide bonds. The van der Waals surface area contributed by atoms with Gasteiger partial charge in [0.2, 0.25) is 0 Å². The number of H-pyrrole nitrogens is 1. The van der Waals surface area contributed by atoms with E-state index in [1.165, 1.54) is 16.8 Å². The molecule has 0 bridgehead atoms. The van der Waals surface area contributed by atoms with Gasteiger partial charge in [-0.15, -0.1) is 5.10 Å². The highest BCUT2D eigenvalue weighted by Gasteiger charge is 2.15. The van der Waals surface area contributed by atoms with Crippen LogP contribution in [-0.2, 0) is 0 Å². The molecule has 1 aromatic heterocycles. The minimum absolute atomic E-state index is 0.0853. The highest BCUT2D eigenvalue weighted by Crippen LogP contribution is 2.27. The Balaban J connectivity index is 2.14. The molecule has 106 valence electrons. The first-order valence-corrected chi connectivity index (χ1v) is 6.65. The van der Waals surface area contributed by atoms with Crippen molar-refractivity contribution >= 4 is 11.6 Å². The molecule has 1 N–H and O–H groups in total. The van der Waals surface area contributed by atoms with Gasteiger partial charge in [0.1, 0.15) is 5.82 Å². The second-order valence-electron chi connectivity index (χ2n) is 4.62. The number of nitrogens with one attached hydrogen (secondary N) is 1. The molecule has 4 nitrogen and oxygen atoms in total. The average molecular weight is 304 g/mol. The maximum atomic E-state index is 13.9. The molecule has 2 aromatic carbocycles. The summed E-state index contributed by atoms with van der Waals surface area (Å²) >= 11 is 5.98. The molecule has 0 aliphatic heterocycles. The Labute approximate surface area is 124 Å². The molecule has 0 atom stereocenters. The second kappa shape index (κ2) is 5.18. The van der Waals surface area contributed by atoms with Crippen LogP contribution < -0.4 is 5.69 Å². The Bertz CT molecular complexity index is 832. The predicted molar refractivity (Wildman–Crippen MR) is 79.3 cm³/mol. The highest BCUT2D eigenvalue weighted by atomic mass is 35.5. The van der Waals surface area contributed by atoms with Gasteiger partial charge in [-0.05, 0) is 31.2 Å². The molecule has 0 aliphatic carbocycles. The Morgan fingerprint density at radius 3 is 2.57 bits per heavy atom. The molecule has 3 aromatic rings. The quantitative estimate of drug-likeness (QED) is 0.789. The predicted octanol–water partition coefficient (Wildman–Crippen LogP) is 3.33. The third-order valence-corrected chi connectivity index (χ3v) is 3.41. The molecular weight excluding hydrogens is 293 g/mol. The van der Waals surface area contributed by atoms with E-state index in [2.05, 4.69) is 10.1 Å². The van der Waals surface area contributed by atoms with Gasteiger partial charge in [0.25, 0.3) is 0 Å². The molecule has 0 unspecified atom stereocenters. The van der Waals surface area contributed by atoms with Crippen LogP contribution in [-0.4, -0.2) is 14.8 Å². The standard InChI is InChI=1S/C15H11ClFN3O/c1-9-5-7-10(8-6-9)20-15(21)18-14(19-20)13-11(16)3-2-4-12(13)17/h2-8H,1H3,(H,18,19,21). The third kappa shape index (κ3) is 2.48. The summed E-state index contributed by atoms with van der Waals surface area (Å²) in [7, 11) is 0. The van der Waals surface area contributed by atoms with Gasteiger partial charge in [-0.2, -0.15) is 4.68 Å². The molecule has 0 fully saturated rings. The first-order valence-electron chi connectivity index (χ1n) is 6.27. The van der Waals surface area contributed by atoms with Gasteiger partial charge in [-0.1, -0.05) is 35.4 Å². The zero-order valence-corrected chi connectivity index (χ0v) is 11.9. The van der Waals surface area contributed by atoms with Crippen LogP contribution in [0.3, 0.4) is 0 Å². The van der Waals surface area contributed by atoms with Gasteiger partial charge in [0.05, 0.1) is 16.3 Å². The molecule has 21 heavy (non-hydrogen) atoms. The van der Waals surface area contributed by atoms with Gasteiger partial charge < -0.3 is 0 Å². The van der Waals surface area contributed by atoms with Crippen LogP contribution >= 0.6 is 11.6 Å². The van der Waals surface area contributed by atoms with Crippen molar-refractivity contribution in [3.63, 3.8) is 0 Å². The summed E-state index contributed by atoms with van der Waals surface area (Å²) in [6.45, 7) is 1.95. The SMILES string of the molecule is Cc1ccc(-n2nc(-c3c(F)cccc3Cl)[nH]c2=O)cc1. The molecule has 3 rings (SSSR count). The fourth-order valence-electron chi connectivity index (χ4n) is 2.02. The molecule has 0 saturated carbocycles. The van der Waals surface area contributed by atoms with E-state index in [9.17, 15) is 9.18 Å². The first-order chi connectivity index (χ1) is 10.1. The molecule has 0 aliphatic rings. The lowest BCUT2D eigenvalue weighted by Crippen LogP contribution is -2.15. The number of hydrogen-bond acceptors (Lipinski definition) is 2. The summed E-state index contributed by atoms with van der Waals surface area (Å²) in [5.74, 6) is -0.434. The maximum absolute atomic E-state index is 13.9. The van der Waals surface area contributed by atoms with Gasteiger partial charge in [-0.25, -0.2) is 9.18 Å². The van der Waals surface area contributed by atoms with Crippen LogP contribution in [0.5, 0.6) is 0 Å². The maximum Gasteiger partial charge on any atom is 0.348 e. The van der Waals surface area contributed by atoms with Gasteiger partial charge in [0, 0.05) is 0 Å². The minimum atomic E-state index is -0.535. The van der Waals surface area contributed by atoms with E-state index in [1.54, 1.807) is 18.2 Å². The van der Waals surface area contributed by atoms with Crippen LogP contribution in [0.25, 0.3) is 17.1 Å². The third-order valence-electron chi connectivity index (χ3n) is 3.10. The lowest BCUT2D eigenvalue weighted by atomic mass is 10.2. The summed E-state index contributed by atoms with van der Waals surface area (Å²) in [4.78, 5) is 14.5. The Morgan fingerprint density at radius 1 is 1.19 bits per heavy atom. The first kappa shape index (κ1) is 13.6.